The average molecular weight is 388 g/mol. The Balaban J connectivity index is 1.72. The van der Waals surface area contributed by atoms with Crippen molar-refractivity contribution in [3.63, 3.8) is 0 Å². The standard InChI is InChI=1S/C18H16N2O4S2/c1-24-16-6-3-2-5-15(16)19-18(21)13-8-10-14(11-9-13)20-26(22,23)17-7-4-12-25-17/h2-12,20H,1H3,(H,19,21). The zero-order chi connectivity index (χ0) is 18.6. The number of nitrogens with one attached hydrogen (secondary N) is 2. The lowest BCUT2D eigenvalue weighted by atomic mass is 10.2. The van der Waals surface area contributed by atoms with Crippen molar-refractivity contribution in [1.82, 2.24) is 0 Å². The summed E-state index contributed by atoms with van der Waals surface area (Å²) in [6, 6.07) is 16.5. The van der Waals surface area contributed by atoms with E-state index in [4.69, 9.17) is 4.74 Å². The van der Waals surface area contributed by atoms with Gasteiger partial charge in [0.2, 0.25) is 0 Å². The Morgan fingerprint density at radius 3 is 2.38 bits per heavy atom. The van der Waals surface area contributed by atoms with E-state index in [0.717, 1.165) is 11.3 Å². The smallest absolute Gasteiger partial charge is 0.271 e. The number of rotatable bonds is 6. The van der Waals surface area contributed by atoms with E-state index in [1.165, 1.54) is 13.2 Å². The van der Waals surface area contributed by atoms with Crippen LogP contribution in [0.1, 0.15) is 10.4 Å². The number of carbonyl (C=O) groups is 1. The number of sulfonamides is 1. The van der Waals surface area contributed by atoms with E-state index in [9.17, 15) is 13.2 Å². The van der Waals surface area contributed by atoms with E-state index in [-0.39, 0.29) is 10.1 Å². The summed E-state index contributed by atoms with van der Waals surface area (Å²) in [6.07, 6.45) is 0. The second kappa shape index (κ2) is 7.59. The lowest BCUT2D eigenvalue weighted by molar-refractivity contribution is 0.102. The van der Waals surface area contributed by atoms with E-state index in [0.29, 0.717) is 22.7 Å². The summed E-state index contributed by atoms with van der Waals surface area (Å²) in [5.74, 6) is 0.239. The summed E-state index contributed by atoms with van der Waals surface area (Å²) in [6.45, 7) is 0. The first-order chi connectivity index (χ1) is 12.5. The van der Waals surface area contributed by atoms with Gasteiger partial charge >= 0.3 is 0 Å². The van der Waals surface area contributed by atoms with Crippen molar-refractivity contribution in [3.05, 3.63) is 71.6 Å². The fourth-order valence-electron chi connectivity index (χ4n) is 2.25. The van der Waals surface area contributed by atoms with Crippen molar-refractivity contribution in [2.75, 3.05) is 17.1 Å². The molecule has 0 atom stereocenters. The molecule has 0 bridgehead atoms. The van der Waals surface area contributed by atoms with Crippen LogP contribution in [-0.4, -0.2) is 21.4 Å². The molecule has 3 rings (SSSR count). The molecule has 0 radical (unpaired) electrons. The topological polar surface area (TPSA) is 84.5 Å². The van der Waals surface area contributed by atoms with E-state index in [2.05, 4.69) is 10.0 Å². The number of amides is 1. The van der Waals surface area contributed by atoms with Crippen LogP contribution in [0.15, 0.2) is 70.3 Å². The van der Waals surface area contributed by atoms with Crippen molar-refractivity contribution in [2.45, 2.75) is 4.21 Å². The summed E-state index contributed by atoms with van der Waals surface area (Å²) >= 11 is 1.14. The molecule has 2 aromatic carbocycles. The number of ether oxygens (including phenoxy) is 1. The SMILES string of the molecule is COc1ccccc1NC(=O)c1ccc(NS(=O)(=O)c2cccs2)cc1. The van der Waals surface area contributed by atoms with Gasteiger partial charge in [-0.1, -0.05) is 18.2 Å². The Morgan fingerprint density at radius 2 is 1.73 bits per heavy atom. The van der Waals surface area contributed by atoms with Gasteiger partial charge < -0.3 is 10.1 Å². The van der Waals surface area contributed by atoms with Gasteiger partial charge in [0.05, 0.1) is 12.8 Å². The van der Waals surface area contributed by atoms with Crippen LogP contribution in [0.4, 0.5) is 11.4 Å². The first kappa shape index (κ1) is 18.0. The first-order valence-corrected chi connectivity index (χ1v) is 9.96. The monoisotopic (exact) mass is 388 g/mol. The molecular weight excluding hydrogens is 372 g/mol. The molecule has 1 aromatic heterocycles. The molecule has 3 aromatic rings. The molecule has 2 N–H and O–H groups in total. The number of benzene rings is 2. The molecule has 0 spiro atoms. The van der Waals surface area contributed by atoms with Crippen LogP contribution in [0.25, 0.3) is 0 Å². The summed E-state index contributed by atoms with van der Waals surface area (Å²) in [5.41, 5.74) is 1.34. The third-order valence-corrected chi connectivity index (χ3v) is 6.29. The number of hydrogen-bond donors (Lipinski definition) is 2. The van der Waals surface area contributed by atoms with Gasteiger partial charge in [-0.15, -0.1) is 11.3 Å². The minimum atomic E-state index is -3.61. The predicted octanol–water partition coefficient (Wildman–Crippen LogP) is 3.81. The van der Waals surface area contributed by atoms with Crippen molar-refractivity contribution in [3.8, 4) is 5.75 Å². The van der Waals surface area contributed by atoms with E-state index >= 15 is 0 Å². The van der Waals surface area contributed by atoms with Crippen LogP contribution in [0.2, 0.25) is 0 Å². The minimum Gasteiger partial charge on any atom is -0.495 e. The molecule has 0 fully saturated rings. The number of hydrogen-bond acceptors (Lipinski definition) is 5. The van der Waals surface area contributed by atoms with E-state index in [1.807, 2.05) is 6.07 Å². The van der Waals surface area contributed by atoms with Crippen LogP contribution >= 0.6 is 11.3 Å². The number of anilines is 2. The van der Waals surface area contributed by atoms with E-state index < -0.39 is 10.0 Å². The molecule has 0 unspecified atom stereocenters. The van der Waals surface area contributed by atoms with Gasteiger partial charge in [0, 0.05) is 11.3 Å². The molecule has 0 aliphatic heterocycles. The van der Waals surface area contributed by atoms with Gasteiger partial charge in [-0.2, -0.15) is 0 Å². The lowest BCUT2D eigenvalue weighted by Gasteiger charge is -2.10. The Morgan fingerprint density at radius 1 is 1.00 bits per heavy atom. The second-order valence-electron chi connectivity index (χ2n) is 5.27. The van der Waals surface area contributed by atoms with Gasteiger partial charge in [0.25, 0.3) is 15.9 Å². The normalized spacial score (nSPS) is 11.0. The molecule has 8 heteroatoms. The fraction of sp³-hybridized carbons (Fsp3) is 0.0556. The van der Waals surface area contributed by atoms with Crippen molar-refractivity contribution in [1.29, 1.82) is 0 Å². The number of thiophene rings is 1. The van der Waals surface area contributed by atoms with Crippen molar-refractivity contribution < 1.29 is 17.9 Å². The summed E-state index contributed by atoms with van der Waals surface area (Å²) in [7, 11) is -2.08. The molecule has 134 valence electrons. The maximum atomic E-state index is 12.4. The second-order valence-corrected chi connectivity index (χ2v) is 8.13. The van der Waals surface area contributed by atoms with Crippen LogP contribution in [0.3, 0.4) is 0 Å². The van der Waals surface area contributed by atoms with Crippen molar-refractivity contribution >= 4 is 38.6 Å². The van der Waals surface area contributed by atoms with Gasteiger partial charge in [0.15, 0.2) is 0 Å². The quantitative estimate of drug-likeness (QED) is 0.672. The molecule has 0 aliphatic carbocycles. The fourth-order valence-corrected chi connectivity index (χ4v) is 4.31. The highest BCUT2D eigenvalue weighted by molar-refractivity contribution is 7.94. The molecule has 1 amide bonds. The Hall–Kier alpha value is -2.84. The molecule has 0 saturated carbocycles. The summed E-state index contributed by atoms with van der Waals surface area (Å²) < 4.78 is 32.3. The summed E-state index contributed by atoms with van der Waals surface area (Å²) in [5, 5.41) is 4.46. The van der Waals surface area contributed by atoms with Crippen LogP contribution < -0.4 is 14.8 Å². The predicted molar refractivity (Wildman–Crippen MR) is 103 cm³/mol. The zero-order valence-corrected chi connectivity index (χ0v) is 15.4. The third-order valence-electron chi connectivity index (χ3n) is 3.51. The third kappa shape index (κ3) is 4.04. The maximum absolute atomic E-state index is 12.4. The Kier molecular flexibility index (Phi) is 5.24. The Labute approximate surface area is 155 Å². The lowest BCUT2D eigenvalue weighted by Crippen LogP contribution is -2.14. The van der Waals surface area contributed by atoms with Crippen LogP contribution in [0.5, 0.6) is 5.75 Å². The van der Waals surface area contributed by atoms with Gasteiger partial charge in [-0.3, -0.25) is 9.52 Å². The highest BCUT2D eigenvalue weighted by Gasteiger charge is 2.15. The average Bonchev–Trinajstić information content (AvgIpc) is 3.18. The molecule has 0 aliphatic rings. The van der Waals surface area contributed by atoms with Gasteiger partial charge in [0.1, 0.15) is 9.96 Å². The number of para-hydroxylation sites is 2. The minimum absolute atomic E-state index is 0.232. The van der Waals surface area contributed by atoms with E-state index in [1.54, 1.807) is 53.9 Å². The van der Waals surface area contributed by atoms with Gasteiger partial charge in [-0.05, 0) is 47.8 Å². The highest BCUT2D eigenvalue weighted by atomic mass is 32.2. The maximum Gasteiger partial charge on any atom is 0.271 e. The summed E-state index contributed by atoms with van der Waals surface area (Å²) in [4.78, 5) is 12.4. The molecule has 0 saturated heterocycles. The highest BCUT2D eigenvalue weighted by Crippen LogP contribution is 2.24. The van der Waals surface area contributed by atoms with Gasteiger partial charge in [-0.25, -0.2) is 8.42 Å². The molecular formula is C18H16N2O4S2. The number of methoxy groups -OCH3 is 1. The largest absolute Gasteiger partial charge is 0.495 e. The zero-order valence-electron chi connectivity index (χ0n) is 13.8. The van der Waals surface area contributed by atoms with Crippen LogP contribution in [0, 0.1) is 0 Å². The number of carbonyl (C=O) groups excluding carboxylic acids is 1. The Bertz CT molecular complexity index is 998. The molecule has 26 heavy (non-hydrogen) atoms. The molecule has 6 nitrogen and oxygen atoms in total. The van der Waals surface area contributed by atoms with Crippen molar-refractivity contribution in [2.24, 2.45) is 0 Å². The molecule has 1 heterocycles. The van der Waals surface area contributed by atoms with Crippen LogP contribution in [-0.2, 0) is 10.0 Å². The first-order valence-electron chi connectivity index (χ1n) is 7.60.